The Morgan fingerprint density at radius 3 is 2.94 bits per heavy atom. The number of hydrogen-bond donors (Lipinski definition) is 1. The SMILES string of the molecule is COCc1[nH]c(-c2ccncc2C)nc(=S)c1Br. The summed E-state index contributed by atoms with van der Waals surface area (Å²) in [6, 6.07) is 1.91. The fourth-order valence-corrected chi connectivity index (χ4v) is 2.13. The minimum absolute atomic E-state index is 0.448. The normalized spacial score (nSPS) is 10.6. The van der Waals surface area contributed by atoms with E-state index in [4.69, 9.17) is 17.0 Å². The zero-order chi connectivity index (χ0) is 13.1. The zero-order valence-electron chi connectivity index (χ0n) is 10.0. The number of halogens is 1. The molecule has 2 aromatic rings. The van der Waals surface area contributed by atoms with Crippen molar-refractivity contribution in [2.24, 2.45) is 0 Å². The maximum Gasteiger partial charge on any atom is 0.144 e. The van der Waals surface area contributed by atoms with Crippen LogP contribution >= 0.6 is 28.1 Å². The van der Waals surface area contributed by atoms with Crippen LogP contribution in [-0.4, -0.2) is 22.1 Å². The summed E-state index contributed by atoms with van der Waals surface area (Å²) in [5.74, 6) is 0.732. The van der Waals surface area contributed by atoms with Crippen LogP contribution in [0.2, 0.25) is 0 Å². The first-order chi connectivity index (χ1) is 8.63. The molecule has 0 bridgehead atoms. The van der Waals surface area contributed by atoms with Gasteiger partial charge in [0.05, 0.1) is 16.8 Å². The Bertz CT molecular complexity index is 627. The van der Waals surface area contributed by atoms with Gasteiger partial charge in [-0.15, -0.1) is 0 Å². The van der Waals surface area contributed by atoms with Gasteiger partial charge < -0.3 is 9.72 Å². The number of methoxy groups -OCH3 is 1. The first-order valence-electron chi connectivity index (χ1n) is 5.32. The third-order valence-electron chi connectivity index (χ3n) is 2.50. The van der Waals surface area contributed by atoms with Gasteiger partial charge in [-0.3, -0.25) is 4.98 Å². The van der Waals surface area contributed by atoms with Crippen LogP contribution in [0.25, 0.3) is 11.4 Å². The van der Waals surface area contributed by atoms with Crippen LogP contribution in [0.4, 0.5) is 0 Å². The van der Waals surface area contributed by atoms with E-state index in [2.05, 4.69) is 30.9 Å². The van der Waals surface area contributed by atoms with Crippen molar-refractivity contribution in [3.63, 3.8) is 0 Å². The van der Waals surface area contributed by atoms with Crippen LogP contribution in [0.15, 0.2) is 22.9 Å². The van der Waals surface area contributed by atoms with E-state index in [9.17, 15) is 0 Å². The van der Waals surface area contributed by atoms with Crippen LogP contribution in [0.5, 0.6) is 0 Å². The van der Waals surface area contributed by atoms with E-state index >= 15 is 0 Å². The van der Waals surface area contributed by atoms with Gasteiger partial charge in [0.2, 0.25) is 0 Å². The van der Waals surface area contributed by atoms with E-state index in [1.807, 2.05) is 13.0 Å². The van der Waals surface area contributed by atoms with E-state index < -0.39 is 0 Å². The van der Waals surface area contributed by atoms with Gasteiger partial charge in [0.15, 0.2) is 0 Å². The van der Waals surface area contributed by atoms with Crippen LogP contribution in [-0.2, 0) is 11.3 Å². The highest BCUT2D eigenvalue weighted by Gasteiger charge is 2.09. The molecule has 0 aliphatic carbocycles. The fraction of sp³-hybridized carbons (Fsp3) is 0.250. The third kappa shape index (κ3) is 2.66. The summed E-state index contributed by atoms with van der Waals surface area (Å²) >= 11 is 8.65. The quantitative estimate of drug-likeness (QED) is 0.878. The lowest BCUT2D eigenvalue weighted by Gasteiger charge is -2.09. The zero-order valence-corrected chi connectivity index (χ0v) is 12.4. The summed E-state index contributed by atoms with van der Waals surface area (Å²) in [5, 5.41) is 0. The average molecular weight is 326 g/mol. The van der Waals surface area contributed by atoms with Crippen LogP contribution in [0.3, 0.4) is 0 Å². The number of pyridine rings is 1. The lowest BCUT2D eigenvalue weighted by atomic mass is 10.1. The highest BCUT2D eigenvalue weighted by Crippen LogP contribution is 2.23. The molecule has 0 radical (unpaired) electrons. The number of nitrogens with zero attached hydrogens (tertiary/aromatic N) is 2. The second-order valence-electron chi connectivity index (χ2n) is 3.81. The van der Waals surface area contributed by atoms with Crippen molar-refractivity contribution in [3.05, 3.63) is 38.8 Å². The number of ether oxygens (including phenoxy) is 1. The molecule has 2 rings (SSSR count). The van der Waals surface area contributed by atoms with E-state index in [0.717, 1.165) is 27.1 Å². The lowest BCUT2D eigenvalue weighted by molar-refractivity contribution is 0.181. The summed E-state index contributed by atoms with van der Waals surface area (Å²) in [7, 11) is 1.64. The Balaban J connectivity index is 2.59. The molecule has 0 amide bonds. The number of aromatic amines is 1. The van der Waals surface area contributed by atoms with Crippen LogP contribution < -0.4 is 0 Å². The molecular formula is C12H12BrN3OS. The van der Waals surface area contributed by atoms with Crippen molar-refractivity contribution < 1.29 is 4.74 Å². The minimum atomic E-state index is 0.448. The predicted molar refractivity (Wildman–Crippen MR) is 75.8 cm³/mol. The fourth-order valence-electron chi connectivity index (χ4n) is 1.62. The molecule has 2 heterocycles. The molecule has 0 aliphatic heterocycles. The Labute approximate surface area is 119 Å². The van der Waals surface area contributed by atoms with Crippen molar-refractivity contribution in [1.29, 1.82) is 0 Å². The van der Waals surface area contributed by atoms with E-state index in [-0.39, 0.29) is 0 Å². The largest absolute Gasteiger partial charge is 0.378 e. The van der Waals surface area contributed by atoms with Crippen LogP contribution in [0.1, 0.15) is 11.3 Å². The Hall–Kier alpha value is -1.11. The monoisotopic (exact) mass is 325 g/mol. The van der Waals surface area contributed by atoms with Crippen molar-refractivity contribution in [3.8, 4) is 11.4 Å². The number of nitrogens with one attached hydrogen (secondary N) is 1. The molecule has 94 valence electrons. The van der Waals surface area contributed by atoms with E-state index in [1.54, 1.807) is 19.5 Å². The Morgan fingerprint density at radius 2 is 2.28 bits per heavy atom. The van der Waals surface area contributed by atoms with Gasteiger partial charge in [0.25, 0.3) is 0 Å². The molecule has 0 saturated carbocycles. The van der Waals surface area contributed by atoms with Gasteiger partial charge in [0, 0.05) is 25.1 Å². The van der Waals surface area contributed by atoms with E-state index in [0.29, 0.717) is 11.2 Å². The van der Waals surface area contributed by atoms with Gasteiger partial charge in [-0.1, -0.05) is 12.2 Å². The molecular weight excluding hydrogens is 314 g/mol. The van der Waals surface area contributed by atoms with Crippen molar-refractivity contribution in [1.82, 2.24) is 15.0 Å². The van der Waals surface area contributed by atoms with Gasteiger partial charge in [-0.25, -0.2) is 4.98 Å². The highest BCUT2D eigenvalue weighted by molar-refractivity contribution is 9.10. The topological polar surface area (TPSA) is 50.8 Å². The lowest BCUT2D eigenvalue weighted by Crippen LogP contribution is -2.00. The molecule has 1 N–H and O–H groups in total. The van der Waals surface area contributed by atoms with Crippen molar-refractivity contribution in [2.45, 2.75) is 13.5 Å². The molecule has 4 nitrogen and oxygen atoms in total. The summed E-state index contributed by atoms with van der Waals surface area (Å²) in [6.07, 6.45) is 3.53. The molecule has 0 aliphatic rings. The summed E-state index contributed by atoms with van der Waals surface area (Å²) < 4.78 is 6.43. The molecule has 2 aromatic heterocycles. The average Bonchev–Trinajstić information content (AvgIpc) is 2.35. The minimum Gasteiger partial charge on any atom is -0.378 e. The van der Waals surface area contributed by atoms with Gasteiger partial charge in [-0.05, 0) is 34.5 Å². The van der Waals surface area contributed by atoms with Crippen LogP contribution in [0, 0.1) is 11.6 Å². The predicted octanol–water partition coefficient (Wildman–Crippen LogP) is 3.42. The molecule has 0 unspecified atom stereocenters. The molecule has 0 aromatic carbocycles. The molecule has 18 heavy (non-hydrogen) atoms. The van der Waals surface area contributed by atoms with Gasteiger partial charge in [-0.2, -0.15) is 0 Å². The second kappa shape index (κ2) is 5.69. The number of hydrogen-bond acceptors (Lipinski definition) is 4. The number of H-pyrrole nitrogens is 1. The maximum atomic E-state index is 5.24. The third-order valence-corrected chi connectivity index (χ3v) is 3.91. The van der Waals surface area contributed by atoms with Crippen molar-refractivity contribution >= 4 is 28.1 Å². The summed E-state index contributed by atoms with van der Waals surface area (Å²) in [5.41, 5.74) is 2.91. The first-order valence-corrected chi connectivity index (χ1v) is 6.52. The van der Waals surface area contributed by atoms with Crippen molar-refractivity contribution in [2.75, 3.05) is 7.11 Å². The highest BCUT2D eigenvalue weighted by atomic mass is 79.9. The molecule has 0 spiro atoms. The maximum absolute atomic E-state index is 5.24. The Kier molecular flexibility index (Phi) is 4.21. The van der Waals surface area contributed by atoms with Gasteiger partial charge >= 0.3 is 0 Å². The van der Waals surface area contributed by atoms with E-state index in [1.165, 1.54) is 0 Å². The second-order valence-corrected chi connectivity index (χ2v) is 4.99. The Morgan fingerprint density at radius 1 is 1.50 bits per heavy atom. The summed E-state index contributed by atoms with van der Waals surface area (Å²) in [4.78, 5) is 11.7. The summed E-state index contributed by atoms with van der Waals surface area (Å²) in [6.45, 7) is 2.43. The smallest absolute Gasteiger partial charge is 0.144 e. The number of aromatic nitrogens is 3. The molecule has 0 saturated heterocycles. The number of rotatable bonds is 3. The van der Waals surface area contributed by atoms with Gasteiger partial charge in [0.1, 0.15) is 10.5 Å². The number of aryl methyl sites for hydroxylation is 1. The molecule has 0 fully saturated rings. The first kappa shape index (κ1) is 13.3. The standard InChI is InChI=1S/C12H12BrN3OS/c1-7-5-14-4-3-8(7)11-15-9(6-17-2)10(13)12(18)16-11/h3-5H,6H2,1-2H3,(H,15,16,18). The molecule has 0 atom stereocenters. The molecule has 6 heteroatoms.